The normalized spacial score (nSPS) is 15.3. The highest BCUT2D eigenvalue weighted by Gasteiger charge is 2.15. The van der Waals surface area contributed by atoms with Crippen LogP contribution in [-0.2, 0) is 17.8 Å². The van der Waals surface area contributed by atoms with Gasteiger partial charge in [-0.3, -0.25) is 14.2 Å². The molecular weight excluding hydrogens is 448 g/mol. The quantitative estimate of drug-likeness (QED) is 0.528. The van der Waals surface area contributed by atoms with Crippen molar-refractivity contribution in [1.82, 2.24) is 14.8 Å². The van der Waals surface area contributed by atoms with Crippen LogP contribution in [0.25, 0.3) is 11.8 Å². The lowest BCUT2D eigenvalue weighted by Crippen LogP contribution is -2.34. The van der Waals surface area contributed by atoms with Crippen LogP contribution in [0.15, 0.2) is 29.1 Å². The van der Waals surface area contributed by atoms with Crippen LogP contribution in [-0.4, -0.2) is 41.6 Å². The number of hydrogen-bond donors (Lipinski definition) is 2. The molecule has 1 aliphatic rings. The summed E-state index contributed by atoms with van der Waals surface area (Å²) >= 11 is 1.08. The molecule has 0 unspecified atom stereocenters. The molecule has 2 N–H and O–H groups in total. The second-order valence-corrected chi connectivity index (χ2v) is 9.17. The van der Waals surface area contributed by atoms with E-state index in [1.54, 1.807) is 13.1 Å². The number of aryl methyl sites for hydroxylation is 1. The van der Waals surface area contributed by atoms with Crippen molar-refractivity contribution in [3.63, 3.8) is 0 Å². The van der Waals surface area contributed by atoms with E-state index in [9.17, 15) is 14.9 Å². The monoisotopic (exact) mass is 478 g/mol. The summed E-state index contributed by atoms with van der Waals surface area (Å²) in [5.41, 5.74) is 1.68. The zero-order valence-corrected chi connectivity index (χ0v) is 20.3. The number of likely N-dealkylation sites (tertiary alicyclic amines) is 1. The summed E-state index contributed by atoms with van der Waals surface area (Å²) in [4.78, 5) is 27.7. The summed E-state index contributed by atoms with van der Waals surface area (Å²) in [6, 6.07) is 11.8. The summed E-state index contributed by atoms with van der Waals surface area (Å²) in [5, 5.41) is 23.7. The van der Waals surface area contributed by atoms with E-state index in [4.69, 9.17) is 5.26 Å². The first-order chi connectivity index (χ1) is 16.6. The minimum atomic E-state index is -0.663. The van der Waals surface area contributed by atoms with E-state index in [1.165, 1.54) is 42.5 Å². The maximum absolute atomic E-state index is 12.8. The standard InChI is InChI=1S/C25H30N6O2S/c1-2-31-24(33)22(34-25(31)21(17-27)23(32)28-12-11-26)18-29-20-10-6-8-19(16-20)9-7-15-30-13-4-3-5-14-30/h6,8,10,16,18,29H,2-5,7,9,12-15H2,1H3,(H,28,32)/b22-18+,25-21-. The number of nitrogens with one attached hydrogen (secondary N) is 2. The van der Waals surface area contributed by atoms with Gasteiger partial charge in [0.05, 0.1) is 6.07 Å². The molecular formula is C25H30N6O2S. The van der Waals surface area contributed by atoms with Gasteiger partial charge >= 0.3 is 0 Å². The minimum absolute atomic E-state index is 0.172. The molecule has 0 aliphatic carbocycles. The highest BCUT2D eigenvalue weighted by atomic mass is 32.1. The molecule has 2 aromatic rings. The number of carbonyl (C=O) groups excluding carboxylic acids is 1. The average molecular weight is 479 g/mol. The number of piperidine rings is 1. The fraction of sp³-hybridized carbons (Fsp3) is 0.440. The summed E-state index contributed by atoms with van der Waals surface area (Å²) < 4.78 is 2.08. The topological polar surface area (TPSA) is 114 Å². The fourth-order valence-corrected chi connectivity index (χ4v) is 5.14. The first-order valence-electron chi connectivity index (χ1n) is 11.6. The number of aromatic nitrogens is 1. The molecule has 0 spiro atoms. The molecule has 1 aliphatic heterocycles. The fourth-order valence-electron chi connectivity index (χ4n) is 4.05. The van der Waals surface area contributed by atoms with Gasteiger partial charge in [0, 0.05) is 18.4 Å². The zero-order valence-electron chi connectivity index (χ0n) is 19.5. The largest absolute Gasteiger partial charge is 0.360 e. The predicted molar refractivity (Wildman–Crippen MR) is 134 cm³/mol. The van der Waals surface area contributed by atoms with E-state index >= 15 is 0 Å². The smallest absolute Gasteiger partial charge is 0.270 e. The maximum Gasteiger partial charge on any atom is 0.270 e. The van der Waals surface area contributed by atoms with Crippen molar-refractivity contribution in [2.24, 2.45) is 0 Å². The van der Waals surface area contributed by atoms with Crippen molar-refractivity contribution in [1.29, 1.82) is 10.5 Å². The van der Waals surface area contributed by atoms with Crippen LogP contribution >= 0.6 is 11.3 Å². The Morgan fingerprint density at radius 1 is 1.24 bits per heavy atom. The van der Waals surface area contributed by atoms with Crippen molar-refractivity contribution in [2.45, 2.75) is 45.6 Å². The van der Waals surface area contributed by atoms with E-state index in [0.717, 1.165) is 36.4 Å². The van der Waals surface area contributed by atoms with Gasteiger partial charge in [0.2, 0.25) is 0 Å². The number of anilines is 1. The second-order valence-electron chi connectivity index (χ2n) is 8.14. The third kappa shape index (κ3) is 6.57. The first kappa shape index (κ1) is 25.2. The Labute approximate surface area is 203 Å². The molecule has 1 aromatic carbocycles. The van der Waals surface area contributed by atoms with Crippen LogP contribution in [0, 0.1) is 22.7 Å². The van der Waals surface area contributed by atoms with Gasteiger partial charge in [0.15, 0.2) is 5.57 Å². The maximum atomic E-state index is 12.8. The molecule has 1 aromatic heterocycles. The minimum Gasteiger partial charge on any atom is -0.360 e. The van der Waals surface area contributed by atoms with Crippen LogP contribution in [0.3, 0.4) is 0 Å². The van der Waals surface area contributed by atoms with Gasteiger partial charge in [-0.2, -0.15) is 10.5 Å². The van der Waals surface area contributed by atoms with Crippen LogP contribution < -0.4 is 25.4 Å². The Hall–Kier alpha value is -3.40. The molecule has 1 fully saturated rings. The van der Waals surface area contributed by atoms with Crippen LogP contribution in [0.4, 0.5) is 5.69 Å². The Balaban J connectivity index is 1.76. The van der Waals surface area contributed by atoms with E-state index in [-0.39, 0.29) is 22.3 Å². The molecule has 178 valence electrons. The molecule has 0 atom stereocenters. The SMILES string of the molecule is CCn1c(=O)/c(=C\Nc2cccc(CCCN3CCCCC3)c2)s/c1=C(/C#N)C(=O)NCC#N. The van der Waals surface area contributed by atoms with E-state index in [2.05, 4.69) is 27.7 Å². The second kappa shape index (κ2) is 12.7. The van der Waals surface area contributed by atoms with Crippen LogP contribution in [0.1, 0.15) is 38.2 Å². The van der Waals surface area contributed by atoms with Gasteiger partial charge in [-0.1, -0.05) is 18.6 Å². The number of benzene rings is 1. The molecule has 1 amide bonds. The van der Waals surface area contributed by atoms with Crippen LogP contribution in [0.5, 0.6) is 0 Å². The van der Waals surface area contributed by atoms with E-state index < -0.39 is 5.91 Å². The molecule has 2 heterocycles. The lowest BCUT2D eigenvalue weighted by molar-refractivity contribution is -0.115. The van der Waals surface area contributed by atoms with Crippen molar-refractivity contribution in [2.75, 3.05) is 31.5 Å². The summed E-state index contributed by atoms with van der Waals surface area (Å²) in [6.45, 7) is 5.43. The summed E-state index contributed by atoms with van der Waals surface area (Å²) in [5.74, 6) is -0.663. The van der Waals surface area contributed by atoms with Crippen molar-refractivity contribution in [3.05, 3.63) is 49.4 Å². The average Bonchev–Trinajstić information content (AvgIpc) is 3.17. The summed E-state index contributed by atoms with van der Waals surface area (Å²) in [6.07, 6.45) is 7.69. The number of hydrogen-bond acceptors (Lipinski definition) is 7. The Morgan fingerprint density at radius 2 is 2.03 bits per heavy atom. The number of thiazole rings is 1. The zero-order chi connectivity index (χ0) is 24.3. The molecule has 0 radical (unpaired) electrons. The van der Waals surface area contributed by atoms with Crippen LogP contribution in [0.2, 0.25) is 0 Å². The molecule has 3 rings (SSSR count). The molecule has 9 heteroatoms. The van der Waals surface area contributed by atoms with Gasteiger partial charge in [-0.05, 0) is 69.9 Å². The van der Waals surface area contributed by atoms with Crippen molar-refractivity contribution < 1.29 is 4.79 Å². The third-order valence-electron chi connectivity index (χ3n) is 5.79. The number of rotatable bonds is 9. The number of carbonyl (C=O) groups is 1. The van der Waals surface area contributed by atoms with Gasteiger partial charge in [0.25, 0.3) is 11.5 Å². The van der Waals surface area contributed by atoms with Gasteiger partial charge in [-0.15, -0.1) is 11.3 Å². The number of amides is 1. The number of nitrogens with zero attached hydrogens (tertiary/aromatic N) is 4. The number of nitriles is 2. The highest BCUT2D eigenvalue weighted by molar-refractivity contribution is 7.07. The lowest BCUT2D eigenvalue weighted by Gasteiger charge is -2.26. The molecule has 0 saturated carbocycles. The van der Waals surface area contributed by atoms with E-state index in [0.29, 0.717) is 11.1 Å². The van der Waals surface area contributed by atoms with Gasteiger partial charge < -0.3 is 15.5 Å². The van der Waals surface area contributed by atoms with Crippen molar-refractivity contribution in [3.8, 4) is 12.1 Å². The molecule has 1 saturated heterocycles. The third-order valence-corrected chi connectivity index (χ3v) is 6.92. The lowest BCUT2D eigenvalue weighted by atomic mass is 10.1. The Bertz CT molecular complexity index is 1260. The highest BCUT2D eigenvalue weighted by Crippen LogP contribution is 2.14. The summed E-state index contributed by atoms with van der Waals surface area (Å²) in [7, 11) is 0. The predicted octanol–water partition coefficient (Wildman–Crippen LogP) is 1.51. The molecule has 34 heavy (non-hydrogen) atoms. The molecule has 8 nitrogen and oxygen atoms in total. The Kier molecular flexibility index (Phi) is 9.45. The van der Waals surface area contributed by atoms with E-state index in [1.807, 2.05) is 24.3 Å². The molecule has 0 bridgehead atoms. The van der Waals surface area contributed by atoms with Gasteiger partial charge in [0.1, 0.15) is 21.8 Å². The Morgan fingerprint density at radius 3 is 2.74 bits per heavy atom. The van der Waals surface area contributed by atoms with Gasteiger partial charge in [-0.25, -0.2) is 0 Å². The van der Waals surface area contributed by atoms with Crippen molar-refractivity contribution >= 4 is 34.7 Å². The first-order valence-corrected chi connectivity index (χ1v) is 12.5.